The zero-order valence-electron chi connectivity index (χ0n) is 16.3. The maximum Gasteiger partial charge on any atom is 0.334 e. The molecule has 1 aliphatic rings. The number of hydrogen-bond donors (Lipinski definition) is 0. The van der Waals surface area contributed by atoms with E-state index in [4.69, 9.17) is 4.74 Å². The van der Waals surface area contributed by atoms with Crippen molar-refractivity contribution in [2.24, 2.45) is 11.3 Å². The molecule has 0 spiro atoms. The van der Waals surface area contributed by atoms with Gasteiger partial charge in [-0.1, -0.05) is 73.2 Å². The fraction of sp³-hybridized carbons (Fsp3) is 0.292. The Morgan fingerprint density at radius 3 is 2.29 bits per heavy atom. The minimum atomic E-state index is -1.39. The van der Waals surface area contributed by atoms with Crippen LogP contribution in [0.15, 0.2) is 66.2 Å². The number of carbonyl (C=O) groups excluding carboxylic acids is 2. The van der Waals surface area contributed by atoms with Crippen molar-refractivity contribution in [3.63, 3.8) is 0 Å². The molecule has 0 radical (unpaired) electrons. The van der Waals surface area contributed by atoms with Crippen molar-refractivity contribution in [3.8, 4) is 6.07 Å². The predicted molar refractivity (Wildman–Crippen MR) is 107 cm³/mol. The van der Waals surface area contributed by atoms with Crippen molar-refractivity contribution in [1.29, 1.82) is 5.26 Å². The van der Waals surface area contributed by atoms with Crippen molar-refractivity contribution < 1.29 is 14.3 Å². The van der Waals surface area contributed by atoms with E-state index in [1.54, 1.807) is 30.3 Å². The molecule has 3 atom stereocenters. The minimum Gasteiger partial charge on any atom is -0.466 e. The van der Waals surface area contributed by atoms with Gasteiger partial charge in [-0.25, -0.2) is 4.79 Å². The number of esters is 1. The second kappa shape index (κ2) is 7.82. The Labute approximate surface area is 165 Å². The first-order valence-electron chi connectivity index (χ1n) is 9.37. The molecule has 0 aliphatic heterocycles. The van der Waals surface area contributed by atoms with Crippen LogP contribution in [-0.4, -0.2) is 18.9 Å². The van der Waals surface area contributed by atoms with Gasteiger partial charge < -0.3 is 4.74 Å². The predicted octanol–water partition coefficient (Wildman–Crippen LogP) is 4.61. The van der Waals surface area contributed by atoms with Gasteiger partial charge in [0.15, 0.2) is 5.78 Å². The van der Waals surface area contributed by atoms with Crippen LogP contribution in [0.3, 0.4) is 0 Å². The van der Waals surface area contributed by atoms with Crippen LogP contribution in [0.25, 0.3) is 0 Å². The molecule has 3 rings (SSSR count). The lowest BCUT2D eigenvalue weighted by Gasteiger charge is -2.34. The molecule has 0 N–H and O–H groups in total. The molecule has 28 heavy (non-hydrogen) atoms. The van der Waals surface area contributed by atoms with Crippen LogP contribution in [0.1, 0.15) is 40.7 Å². The first kappa shape index (κ1) is 19.6. The van der Waals surface area contributed by atoms with Crippen molar-refractivity contribution in [2.45, 2.75) is 26.2 Å². The summed E-state index contributed by atoms with van der Waals surface area (Å²) in [6.45, 7) is 3.90. The molecule has 1 aliphatic carbocycles. The first-order valence-corrected chi connectivity index (χ1v) is 9.37. The van der Waals surface area contributed by atoms with Gasteiger partial charge in [0.1, 0.15) is 5.41 Å². The molecule has 3 unspecified atom stereocenters. The number of ketones is 1. The van der Waals surface area contributed by atoms with Gasteiger partial charge in [0.25, 0.3) is 0 Å². The van der Waals surface area contributed by atoms with Gasteiger partial charge in [-0.15, -0.1) is 0 Å². The fourth-order valence-corrected chi connectivity index (χ4v) is 4.17. The van der Waals surface area contributed by atoms with E-state index in [1.807, 2.05) is 44.2 Å². The van der Waals surface area contributed by atoms with Crippen LogP contribution in [0.4, 0.5) is 0 Å². The molecule has 2 aromatic rings. The van der Waals surface area contributed by atoms with Crippen LogP contribution < -0.4 is 0 Å². The molecule has 4 nitrogen and oxygen atoms in total. The number of Topliss-reactive ketones (excluding diaryl/α,β-unsaturated/α-hetero) is 1. The van der Waals surface area contributed by atoms with E-state index in [2.05, 4.69) is 6.07 Å². The van der Waals surface area contributed by atoms with Crippen molar-refractivity contribution >= 4 is 11.8 Å². The number of aryl methyl sites for hydroxylation is 1. The Bertz CT molecular complexity index is 954. The highest BCUT2D eigenvalue weighted by Gasteiger charge is 2.58. The molecule has 0 saturated carbocycles. The quantitative estimate of drug-likeness (QED) is 0.567. The standard InChI is InChI=1S/C24H23NO3/c1-4-19-14-20(23(27)28-3)21(17-12-10-16(2)11-13-17)24(19,15-25)22(26)18-8-6-5-7-9-18/h5-14,19,21H,4H2,1-3H3. The Kier molecular flexibility index (Phi) is 5.46. The van der Waals surface area contributed by atoms with E-state index in [0.29, 0.717) is 17.6 Å². The van der Waals surface area contributed by atoms with E-state index in [-0.39, 0.29) is 11.7 Å². The summed E-state index contributed by atoms with van der Waals surface area (Å²) in [6, 6.07) is 18.8. The number of benzene rings is 2. The lowest BCUT2D eigenvalue weighted by atomic mass is 9.63. The number of ether oxygens (including phenoxy) is 1. The molecule has 0 heterocycles. The Morgan fingerprint density at radius 2 is 1.75 bits per heavy atom. The molecular formula is C24H23NO3. The number of methoxy groups -OCH3 is 1. The third-order valence-corrected chi connectivity index (χ3v) is 5.60. The molecule has 142 valence electrons. The molecule has 0 amide bonds. The third kappa shape index (κ3) is 3.03. The van der Waals surface area contributed by atoms with Gasteiger partial charge in [0.05, 0.1) is 13.2 Å². The Hall–Kier alpha value is -3.19. The average Bonchev–Trinajstić information content (AvgIpc) is 3.09. The summed E-state index contributed by atoms with van der Waals surface area (Å²) >= 11 is 0. The normalized spacial score (nSPS) is 23.6. The molecule has 0 aromatic heterocycles. The number of hydrogen-bond acceptors (Lipinski definition) is 4. The zero-order valence-corrected chi connectivity index (χ0v) is 16.3. The third-order valence-electron chi connectivity index (χ3n) is 5.60. The lowest BCUT2D eigenvalue weighted by molar-refractivity contribution is -0.136. The molecule has 0 fully saturated rings. The van der Waals surface area contributed by atoms with E-state index >= 15 is 0 Å². The van der Waals surface area contributed by atoms with Crippen LogP contribution in [0, 0.1) is 29.6 Å². The van der Waals surface area contributed by atoms with Gasteiger partial charge in [0, 0.05) is 23.0 Å². The number of nitriles is 1. The Balaban J connectivity index is 2.25. The van der Waals surface area contributed by atoms with Crippen LogP contribution >= 0.6 is 0 Å². The summed E-state index contributed by atoms with van der Waals surface area (Å²) in [6.07, 6.45) is 2.33. The monoisotopic (exact) mass is 373 g/mol. The van der Waals surface area contributed by atoms with E-state index < -0.39 is 17.3 Å². The summed E-state index contributed by atoms with van der Waals surface area (Å²) in [5.41, 5.74) is 1.29. The highest BCUT2D eigenvalue weighted by atomic mass is 16.5. The van der Waals surface area contributed by atoms with Crippen molar-refractivity contribution in [2.75, 3.05) is 7.11 Å². The van der Waals surface area contributed by atoms with Crippen molar-refractivity contribution in [3.05, 3.63) is 82.9 Å². The summed E-state index contributed by atoms with van der Waals surface area (Å²) in [5.74, 6) is -1.82. The maximum absolute atomic E-state index is 13.7. The van der Waals surface area contributed by atoms with Crippen LogP contribution in [-0.2, 0) is 9.53 Å². The number of rotatable bonds is 5. The van der Waals surface area contributed by atoms with E-state index in [1.165, 1.54) is 7.11 Å². The summed E-state index contributed by atoms with van der Waals surface area (Å²) < 4.78 is 5.00. The summed E-state index contributed by atoms with van der Waals surface area (Å²) in [5, 5.41) is 10.4. The topological polar surface area (TPSA) is 67.2 Å². The number of nitrogens with zero attached hydrogens (tertiary/aromatic N) is 1. The van der Waals surface area contributed by atoms with Gasteiger partial charge in [-0.3, -0.25) is 4.79 Å². The van der Waals surface area contributed by atoms with Crippen LogP contribution in [0.5, 0.6) is 0 Å². The number of allylic oxidation sites excluding steroid dienone is 1. The van der Waals surface area contributed by atoms with Gasteiger partial charge >= 0.3 is 5.97 Å². The van der Waals surface area contributed by atoms with Gasteiger partial charge in [-0.05, 0) is 18.9 Å². The fourth-order valence-electron chi connectivity index (χ4n) is 4.17. The number of carbonyl (C=O) groups is 2. The van der Waals surface area contributed by atoms with Gasteiger partial charge in [-0.2, -0.15) is 5.26 Å². The van der Waals surface area contributed by atoms with E-state index in [0.717, 1.165) is 11.1 Å². The zero-order chi connectivity index (χ0) is 20.3. The average molecular weight is 373 g/mol. The highest BCUT2D eigenvalue weighted by Crippen LogP contribution is 2.55. The van der Waals surface area contributed by atoms with Gasteiger partial charge in [0.2, 0.25) is 0 Å². The molecule has 4 heteroatoms. The Morgan fingerprint density at radius 1 is 1.11 bits per heavy atom. The summed E-state index contributed by atoms with van der Waals surface area (Å²) in [7, 11) is 1.32. The highest BCUT2D eigenvalue weighted by molar-refractivity contribution is 6.06. The van der Waals surface area contributed by atoms with Crippen LogP contribution in [0.2, 0.25) is 0 Å². The molecule has 0 bridgehead atoms. The SMILES string of the molecule is CCC1C=C(C(=O)OC)C(c2ccc(C)cc2)C1(C#N)C(=O)c1ccccc1. The largest absolute Gasteiger partial charge is 0.466 e. The molecular weight excluding hydrogens is 350 g/mol. The second-order valence-electron chi connectivity index (χ2n) is 7.15. The van der Waals surface area contributed by atoms with Crippen molar-refractivity contribution in [1.82, 2.24) is 0 Å². The summed E-state index contributed by atoms with van der Waals surface area (Å²) in [4.78, 5) is 26.2. The molecule has 0 saturated heterocycles. The maximum atomic E-state index is 13.7. The lowest BCUT2D eigenvalue weighted by Crippen LogP contribution is -2.40. The molecule has 2 aromatic carbocycles. The minimum absolute atomic E-state index is 0.261. The van der Waals surface area contributed by atoms with E-state index in [9.17, 15) is 14.9 Å². The second-order valence-corrected chi connectivity index (χ2v) is 7.15. The first-order chi connectivity index (χ1) is 13.5. The smallest absolute Gasteiger partial charge is 0.334 e.